The largest absolute Gasteiger partial charge is 0.335 e. The van der Waals surface area contributed by atoms with Crippen LogP contribution in [0.3, 0.4) is 0 Å². The molecule has 124 valence electrons. The summed E-state index contributed by atoms with van der Waals surface area (Å²) < 4.78 is 0.965. The fourth-order valence-electron chi connectivity index (χ4n) is 3.12. The molecular weight excluding hydrogens is 351 g/mol. The Balaban J connectivity index is 1.94. The summed E-state index contributed by atoms with van der Waals surface area (Å²) >= 11 is 14.0. The molecule has 0 spiro atoms. The number of carbonyl (C=O) groups is 1. The predicted octanol–water partition coefficient (Wildman–Crippen LogP) is 4.81. The number of rotatable bonds is 4. The molecule has 1 aromatic heterocycles. The second kappa shape index (κ2) is 7.39. The van der Waals surface area contributed by atoms with E-state index in [4.69, 9.17) is 23.2 Å². The van der Waals surface area contributed by atoms with Gasteiger partial charge in [0.2, 0.25) is 0 Å². The normalized spacial score (nSPS) is 16.0. The zero-order valence-electron chi connectivity index (χ0n) is 13.1. The van der Waals surface area contributed by atoms with Gasteiger partial charge in [0.15, 0.2) is 0 Å². The molecule has 0 atom stereocenters. The van der Waals surface area contributed by atoms with Gasteiger partial charge in [-0.1, -0.05) is 36.2 Å². The smallest absolute Gasteiger partial charge is 0.265 e. The summed E-state index contributed by atoms with van der Waals surface area (Å²) in [7, 11) is 0. The Labute approximate surface area is 150 Å². The third-order valence-electron chi connectivity index (χ3n) is 4.26. The van der Waals surface area contributed by atoms with Gasteiger partial charge in [0.05, 0.1) is 5.02 Å². The zero-order valence-corrected chi connectivity index (χ0v) is 15.4. The van der Waals surface area contributed by atoms with E-state index in [2.05, 4.69) is 12.2 Å². The van der Waals surface area contributed by atoms with Crippen molar-refractivity contribution in [3.05, 3.63) is 33.1 Å². The maximum absolute atomic E-state index is 13.1. The second-order valence-corrected chi connectivity index (χ2v) is 7.73. The van der Waals surface area contributed by atoms with Crippen molar-refractivity contribution in [3.8, 4) is 0 Å². The Morgan fingerprint density at radius 3 is 2.78 bits per heavy atom. The van der Waals surface area contributed by atoms with E-state index >= 15 is 0 Å². The van der Waals surface area contributed by atoms with Gasteiger partial charge >= 0.3 is 0 Å². The summed E-state index contributed by atoms with van der Waals surface area (Å²) in [5.41, 5.74) is 0. The van der Waals surface area contributed by atoms with Crippen LogP contribution in [0.5, 0.6) is 0 Å². The zero-order chi connectivity index (χ0) is 16.4. The van der Waals surface area contributed by atoms with Crippen LogP contribution in [-0.4, -0.2) is 36.5 Å². The second-order valence-electron chi connectivity index (χ2n) is 5.87. The van der Waals surface area contributed by atoms with Crippen LogP contribution in [0.1, 0.15) is 35.9 Å². The Kier molecular flexibility index (Phi) is 5.47. The average molecular weight is 371 g/mol. The standard InChI is InChI=1S/C17H20Cl2N2OS/c1-2-9-21(12-5-7-20-8-6-12)17(22)16-15(19)13-4-3-11(18)10-14(13)23-16/h3-4,10,12,20H,2,5-9H2,1H3. The van der Waals surface area contributed by atoms with Gasteiger partial charge in [-0.15, -0.1) is 11.3 Å². The van der Waals surface area contributed by atoms with Gasteiger partial charge in [0.25, 0.3) is 5.91 Å². The highest BCUT2D eigenvalue weighted by molar-refractivity contribution is 7.21. The Morgan fingerprint density at radius 1 is 1.35 bits per heavy atom. The number of benzene rings is 1. The minimum atomic E-state index is 0.0565. The van der Waals surface area contributed by atoms with Crippen LogP contribution >= 0.6 is 34.5 Å². The summed E-state index contributed by atoms with van der Waals surface area (Å²) in [4.78, 5) is 15.8. The first-order valence-corrected chi connectivity index (χ1v) is 9.58. The van der Waals surface area contributed by atoms with E-state index in [0.29, 0.717) is 21.0 Å². The molecule has 6 heteroatoms. The SMILES string of the molecule is CCCN(C(=O)c1sc2cc(Cl)ccc2c1Cl)C1CCNCC1. The number of thiophene rings is 1. The van der Waals surface area contributed by atoms with E-state index in [1.165, 1.54) is 11.3 Å². The maximum atomic E-state index is 13.1. The molecule has 1 aliphatic rings. The number of halogens is 2. The fraction of sp³-hybridized carbons (Fsp3) is 0.471. The van der Waals surface area contributed by atoms with E-state index in [1.54, 1.807) is 0 Å². The van der Waals surface area contributed by atoms with E-state index < -0.39 is 0 Å². The van der Waals surface area contributed by atoms with Crippen molar-refractivity contribution in [1.82, 2.24) is 10.2 Å². The van der Waals surface area contributed by atoms with Crippen LogP contribution in [-0.2, 0) is 0 Å². The van der Waals surface area contributed by atoms with Crippen molar-refractivity contribution in [2.24, 2.45) is 0 Å². The number of hydrogen-bond acceptors (Lipinski definition) is 3. The van der Waals surface area contributed by atoms with Crippen molar-refractivity contribution < 1.29 is 4.79 Å². The molecular formula is C17H20Cl2N2OS. The summed E-state index contributed by atoms with van der Waals surface area (Å²) in [5.74, 6) is 0.0565. The molecule has 1 aromatic carbocycles. The molecule has 0 unspecified atom stereocenters. The van der Waals surface area contributed by atoms with Gasteiger partial charge < -0.3 is 10.2 Å². The van der Waals surface area contributed by atoms with Crippen molar-refractivity contribution in [2.45, 2.75) is 32.2 Å². The summed E-state index contributed by atoms with van der Waals surface area (Å²) in [6, 6.07) is 5.88. The van der Waals surface area contributed by atoms with Crippen LogP contribution in [0.2, 0.25) is 10.0 Å². The molecule has 0 bridgehead atoms. The molecule has 0 aliphatic carbocycles. The lowest BCUT2D eigenvalue weighted by atomic mass is 10.0. The Bertz CT molecular complexity index is 710. The van der Waals surface area contributed by atoms with E-state index in [1.807, 2.05) is 23.1 Å². The van der Waals surface area contributed by atoms with Gasteiger partial charge in [-0.2, -0.15) is 0 Å². The van der Waals surface area contributed by atoms with Gasteiger partial charge in [0, 0.05) is 27.7 Å². The number of amides is 1. The first-order chi connectivity index (χ1) is 11.1. The lowest BCUT2D eigenvalue weighted by Crippen LogP contribution is -2.46. The quantitative estimate of drug-likeness (QED) is 0.836. The highest BCUT2D eigenvalue weighted by Gasteiger charge is 2.28. The summed E-state index contributed by atoms with van der Waals surface area (Å²) in [5, 5.41) is 5.48. The number of fused-ring (bicyclic) bond motifs is 1. The lowest BCUT2D eigenvalue weighted by molar-refractivity contribution is 0.0648. The van der Waals surface area contributed by atoms with E-state index in [9.17, 15) is 4.79 Å². The monoisotopic (exact) mass is 370 g/mol. The van der Waals surface area contributed by atoms with E-state index in [-0.39, 0.29) is 5.91 Å². The maximum Gasteiger partial charge on any atom is 0.265 e. The lowest BCUT2D eigenvalue weighted by Gasteiger charge is -2.34. The molecule has 1 saturated heterocycles. The minimum absolute atomic E-state index is 0.0565. The van der Waals surface area contributed by atoms with Crippen LogP contribution in [0.15, 0.2) is 18.2 Å². The topological polar surface area (TPSA) is 32.3 Å². The molecule has 1 amide bonds. The van der Waals surface area contributed by atoms with Crippen LogP contribution < -0.4 is 5.32 Å². The molecule has 1 fully saturated rings. The summed E-state index contributed by atoms with van der Waals surface area (Å²) in [6.45, 7) is 4.81. The molecule has 2 aromatic rings. The first kappa shape index (κ1) is 17.0. The number of hydrogen-bond donors (Lipinski definition) is 1. The van der Waals surface area contributed by atoms with Crippen LogP contribution in [0.25, 0.3) is 10.1 Å². The number of piperidine rings is 1. The molecule has 23 heavy (non-hydrogen) atoms. The highest BCUT2D eigenvalue weighted by Crippen LogP contribution is 2.37. The predicted molar refractivity (Wildman–Crippen MR) is 99.1 cm³/mol. The van der Waals surface area contributed by atoms with Gasteiger partial charge in [-0.25, -0.2) is 0 Å². The molecule has 0 saturated carbocycles. The van der Waals surface area contributed by atoms with Crippen molar-refractivity contribution in [3.63, 3.8) is 0 Å². The van der Waals surface area contributed by atoms with Gasteiger partial charge in [-0.3, -0.25) is 4.79 Å². The van der Waals surface area contributed by atoms with Crippen molar-refractivity contribution in [2.75, 3.05) is 19.6 Å². The van der Waals surface area contributed by atoms with Crippen LogP contribution in [0.4, 0.5) is 0 Å². The number of carbonyl (C=O) groups excluding carboxylic acids is 1. The number of nitrogens with zero attached hydrogens (tertiary/aromatic N) is 1. The third kappa shape index (κ3) is 3.50. The van der Waals surface area contributed by atoms with Gasteiger partial charge in [0.1, 0.15) is 4.88 Å². The van der Waals surface area contributed by atoms with E-state index in [0.717, 1.165) is 49.0 Å². The van der Waals surface area contributed by atoms with Crippen molar-refractivity contribution >= 4 is 50.5 Å². The minimum Gasteiger partial charge on any atom is -0.335 e. The summed E-state index contributed by atoms with van der Waals surface area (Å²) in [6.07, 6.45) is 2.95. The average Bonchev–Trinajstić information content (AvgIpc) is 2.89. The molecule has 2 heterocycles. The first-order valence-electron chi connectivity index (χ1n) is 8.01. The highest BCUT2D eigenvalue weighted by atomic mass is 35.5. The molecule has 0 radical (unpaired) electrons. The molecule has 3 nitrogen and oxygen atoms in total. The third-order valence-corrected chi connectivity index (χ3v) is 6.14. The molecule has 1 aliphatic heterocycles. The molecule has 3 rings (SSSR count). The van der Waals surface area contributed by atoms with Crippen LogP contribution in [0, 0.1) is 0 Å². The van der Waals surface area contributed by atoms with Gasteiger partial charge in [-0.05, 0) is 44.5 Å². The fourth-order valence-corrected chi connectivity index (χ4v) is 4.86. The Hall–Kier alpha value is -0.810. The number of nitrogens with one attached hydrogen (secondary N) is 1. The Morgan fingerprint density at radius 2 is 2.09 bits per heavy atom. The molecule has 1 N–H and O–H groups in total. The van der Waals surface area contributed by atoms with Crippen molar-refractivity contribution in [1.29, 1.82) is 0 Å².